The maximum absolute atomic E-state index is 12.8. The molecule has 2 atom stereocenters. The number of aliphatic hydroxyl groups is 2. The smallest absolute Gasteiger partial charge is 0.236 e. The zero-order valence-electron chi connectivity index (χ0n) is 9.22. The summed E-state index contributed by atoms with van der Waals surface area (Å²) < 4.78 is 12.8. The van der Waals surface area contributed by atoms with E-state index in [-0.39, 0.29) is 23.7 Å². The molecule has 0 saturated carbocycles. The molecule has 2 unspecified atom stereocenters. The van der Waals surface area contributed by atoms with Gasteiger partial charge in [0.2, 0.25) is 11.9 Å². The van der Waals surface area contributed by atoms with Gasteiger partial charge < -0.3 is 21.3 Å². The minimum Gasteiger partial charge on any atom is -0.395 e. The van der Waals surface area contributed by atoms with Crippen LogP contribution < -0.4 is 11.1 Å². The first-order valence-corrected chi connectivity index (χ1v) is 4.93. The number of nitrogens with two attached hydrogens (primary N) is 1. The maximum atomic E-state index is 12.8. The molecule has 17 heavy (non-hydrogen) atoms. The molecule has 0 aliphatic heterocycles. The number of hydrogen-bond acceptors (Lipinski definition) is 5. The second kappa shape index (κ2) is 5.55. The van der Waals surface area contributed by atoms with Crippen LogP contribution in [-0.4, -0.2) is 33.8 Å². The molecule has 0 bridgehead atoms. The van der Waals surface area contributed by atoms with Gasteiger partial charge in [-0.05, 0) is 6.07 Å². The number of carbonyl (C=O) groups excluding carboxylic acids is 1. The maximum Gasteiger partial charge on any atom is 0.236 e. The summed E-state index contributed by atoms with van der Waals surface area (Å²) >= 11 is 0. The Morgan fingerprint density at radius 2 is 2.29 bits per heavy atom. The Bertz CT molecular complexity index is 414. The van der Waals surface area contributed by atoms with Gasteiger partial charge >= 0.3 is 0 Å². The highest BCUT2D eigenvalue weighted by Crippen LogP contribution is 2.19. The monoisotopic (exact) mass is 243 g/mol. The van der Waals surface area contributed by atoms with Crippen LogP contribution in [-0.2, 0) is 4.79 Å². The number of rotatable bonds is 4. The summed E-state index contributed by atoms with van der Waals surface area (Å²) in [5, 5.41) is 21.6. The van der Waals surface area contributed by atoms with E-state index in [1.54, 1.807) is 0 Å². The molecule has 1 amide bonds. The highest BCUT2D eigenvalue weighted by atomic mass is 19.1. The third-order valence-corrected chi connectivity index (χ3v) is 2.15. The first kappa shape index (κ1) is 13.3. The summed E-state index contributed by atoms with van der Waals surface area (Å²) in [6.07, 6.45) is -1.43. The van der Waals surface area contributed by atoms with Gasteiger partial charge in [-0.3, -0.25) is 4.79 Å². The van der Waals surface area contributed by atoms with Crippen molar-refractivity contribution in [1.29, 1.82) is 0 Å². The SMILES string of the molecule is CC(=O)NCC(O)C(O)c1cnc(F)c(N)c1. The molecule has 94 valence electrons. The average molecular weight is 243 g/mol. The van der Waals surface area contributed by atoms with Gasteiger partial charge in [0.25, 0.3) is 0 Å². The molecule has 1 aromatic heterocycles. The number of amides is 1. The zero-order chi connectivity index (χ0) is 13.0. The van der Waals surface area contributed by atoms with Crippen LogP contribution in [0.4, 0.5) is 10.1 Å². The van der Waals surface area contributed by atoms with Crippen LogP contribution in [0.25, 0.3) is 0 Å². The number of pyridine rings is 1. The molecule has 1 rings (SSSR count). The molecular weight excluding hydrogens is 229 g/mol. The third kappa shape index (κ3) is 3.65. The van der Waals surface area contributed by atoms with Crippen molar-refractivity contribution in [3.05, 3.63) is 23.8 Å². The number of aliphatic hydroxyl groups excluding tert-OH is 2. The Kier molecular flexibility index (Phi) is 4.36. The molecule has 5 N–H and O–H groups in total. The van der Waals surface area contributed by atoms with E-state index in [1.807, 2.05) is 0 Å². The fraction of sp³-hybridized carbons (Fsp3) is 0.400. The number of nitrogen functional groups attached to an aromatic ring is 1. The summed E-state index contributed by atoms with van der Waals surface area (Å²) in [7, 11) is 0. The molecule has 0 radical (unpaired) electrons. The van der Waals surface area contributed by atoms with E-state index in [4.69, 9.17) is 5.73 Å². The van der Waals surface area contributed by atoms with Crippen molar-refractivity contribution < 1.29 is 19.4 Å². The summed E-state index contributed by atoms with van der Waals surface area (Å²) in [5.74, 6) is -1.16. The first-order chi connectivity index (χ1) is 7.91. The minimum absolute atomic E-state index is 0.117. The minimum atomic E-state index is -1.29. The summed E-state index contributed by atoms with van der Waals surface area (Å²) in [4.78, 5) is 13.9. The molecule has 0 aliphatic carbocycles. The Labute approximate surface area is 97.3 Å². The predicted molar refractivity (Wildman–Crippen MR) is 58.3 cm³/mol. The Morgan fingerprint density at radius 1 is 1.65 bits per heavy atom. The second-order valence-corrected chi connectivity index (χ2v) is 3.60. The lowest BCUT2D eigenvalue weighted by Crippen LogP contribution is -2.34. The van der Waals surface area contributed by atoms with E-state index in [1.165, 1.54) is 13.0 Å². The van der Waals surface area contributed by atoms with Crippen LogP contribution in [0.3, 0.4) is 0 Å². The quantitative estimate of drug-likeness (QED) is 0.525. The van der Waals surface area contributed by atoms with Gasteiger partial charge in [-0.15, -0.1) is 0 Å². The average Bonchev–Trinajstić information content (AvgIpc) is 2.28. The lowest BCUT2D eigenvalue weighted by Gasteiger charge is -2.18. The van der Waals surface area contributed by atoms with Crippen molar-refractivity contribution in [3.8, 4) is 0 Å². The van der Waals surface area contributed by atoms with Crippen LogP contribution in [0.5, 0.6) is 0 Å². The summed E-state index contributed by atoms with van der Waals surface area (Å²) in [6, 6.07) is 1.18. The number of nitrogens with zero attached hydrogens (tertiary/aromatic N) is 1. The van der Waals surface area contributed by atoms with E-state index >= 15 is 0 Å². The summed E-state index contributed by atoms with van der Waals surface area (Å²) in [5.41, 5.74) is 5.25. The molecule has 1 aromatic rings. The van der Waals surface area contributed by atoms with Crippen molar-refractivity contribution in [2.24, 2.45) is 0 Å². The van der Waals surface area contributed by atoms with Gasteiger partial charge in [0.1, 0.15) is 12.2 Å². The van der Waals surface area contributed by atoms with Gasteiger partial charge in [-0.25, -0.2) is 4.98 Å². The number of anilines is 1. The topological polar surface area (TPSA) is 108 Å². The van der Waals surface area contributed by atoms with Gasteiger partial charge in [0.05, 0.1) is 5.69 Å². The van der Waals surface area contributed by atoms with Crippen LogP contribution in [0, 0.1) is 5.95 Å². The van der Waals surface area contributed by atoms with Crippen LogP contribution in [0.15, 0.2) is 12.3 Å². The second-order valence-electron chi connectivity index (χ2n) is 3.60. The van der Waals surface area contributed by atoms with Crippen molar-refractivity contribution in [2.75, 3.05) is 12.3 Å². The molecule has 1 heterocycles. The van der Waals surface area contributed by atoms with E-state index in [9.17, 15) is 19.4 Å². The number of carbonyl (C=O) groups is 1. The van der Waals surface area contributed by atoms with Crippen LogP contribution in [0.2, 0.25) is 0 Å². The van der Waals surface area contributed by atoms with Crippen molar-refractivity contribution in [2.45, 2.75) is 19.1 Å². The number of aromatic nitrogens is 1. The fourth-order valence-electron chi connectivity index (χ4n) is 1.23. The molecule has 7 heteroatoms. The van der Waals surface area contributed by atoms with Crippen LogP contribution in [0.1, 0.15) is 18.6 Å². The molecule has 6 nitrogen and oxygen atoms in total. The van der Waals surface area contributed by atoms with Gasteiger partial charge in [-0.2, -0.15) is 4.39 Å². The summed E-state index contributed by atoms with van der Waals surface area (Å²) in [6.45, 7) is 1.17. The van der Waals surface area contributed by atoms with Crippen molar-refractivity contribution in [1.82, 2.24) is 10.3 Å². The molecule has 0 spiro atoms. The van der Waals surface area contributed by atoms with Crippen molar-refractivity contribution in [3.63, 3.8) is 0 Å². The fourth-order valence-corrected chi connectivity index (χ4v) is 1.23. The highest BCUT2D eigenvalue weighted by Gasteiger charge is 2.19. The Morgan fingerprint density at radius 3 is 2.82 bits per heavy atom. The van der Waals surface area contributed by atoms with E-state index in [0.717, 1.165) is 6.20 Å². The molecule has 0 saturated heterocycles. The van der Waals surface area contributed by atoms with Crippen LogP contribution >= 0.6 is 0 Å². The molecular formula is C10H14FN3O3. The number of halogens is 1. The Hall–Kier alpha value is -1.73. The third-order valence-electron chi connectivity index (χ3n) is 2.15. The van der Waals surface area contributed by atoms with Gasteiger partial charge in [0.15, 0.2) is 0 Å². The first-order valence-electron chi connectivity index (χ1n) is 4.93. The largest absolute Gasteiger partial charge is 0.395 e. The van der Waals surface area contributed by atoms with E-state index in [0.29, 0.717) is 0 Å². The molecule has 0 fully saturated rings. The van der Waals surface area contributed by atoms with E-state index in [2.05, 4.69) is 10.3 Å². The highest BCUT2D eigenvalue weighted by molar-refractivity contribution is 5.72. The predicted octanol–water partition coefficient (Wildman–Crippen LogP) is -0.667. The lowest BCUT2D eigenvalue weighted by molar-refractivity contribution is -0.119. The molecule has 0 aromatic carbocycles. The Balaban J connectivity index is 2.70. The van der Waals surface area contributed by atoms with Gasteiger partial charge in [0, 0.05) is 25.2 Å². The lowest BCUT2D eigenvalue weighted by atomic mass is 10.1. The van der Waals surface area contributed by atoms with Gasteiger partial charge in [-0.1, -0.05) is 0 Å². The van der Waals surface area contributed by atoms with E-state index < -0.39 is 18.2 Å². The normalized spacial score (nSPS) is 14.1. The number of hydrogen-bond donors (Lipinski definition) is 4. The zero-order valence-corrected chi connectivity index (χ0v) is 9.22. The molecule has 0 aliphatic rings. The van der Waals surface area contributed by atoms with Crippen molar-refractivity contribution >= 4 is 11.6 Å². The standard InChI is InChI=1S/C10H14FN3O3/c1-5(15)13-4-8(16)9(17)6-2-7(12)10(11)14-3-6/h2-3,8-9,16-17H,4,12H2,1H3,(H,13,15). The number of nitrogens with one attached hydrogen (secondary N) is 1.